The average Bonchev–Trinajstić information content (AvgIpc) is 3.27. The van der Waals surface area contributed by atoms with Gasteiger partial charge in [0.25, 0.3) is 11.8 Å². The third-order valence-electron chi connectivity index (χ3n) is 6.33. The normalized spacial score (nSPS) is 11.9. The van der Waals surface area contributed by atoms with Gasteiger partial charge in [-0.1, -0.05) is 32.0 Å². The van der Waals surface area contributed by atoms with E-state index in [0.29, 0.717) is 23.7 Å². The molecule has 2 heterocycles. The van der Waals surface area contributed by atoms with Crippen molar-refractivity contribution in [3.8, 4) is 0 Å². The number of benzene rings is 2. The third kappa shape index (κ3) is 6.06. The van der Waals surface area contributed by atoms with Gasteiger partial charge in [0.1, 0.15) is 10.9 Å². The summed E-state index contributed by atoms with van der Waals surface area (Å²) in [5.74, 6) is -1.34. The van der Waals surface area contributed by atoms with E-state index >= 15 is 0 Å². The van der Waals surface area contributed by atoms with E-state index in [4.69, 9.17) is 11.5 Å². The molecule has 202 valence electrons. The van der Waals surface area contributed by atoms with Crippen molar-refractivity contribution in [3.05, 3.63) is 82.0 Å². The number of nitrogens with two attached hydrogens (primary N) is 2. The minimum atomic E-state index is -1.05. The highest BCUT2D eigenvalue weighted by atomic mass is 32.1. The topological polar surface area (TPSA) is 144 Å². The molecule has 0 unspecified atom stereocenters. The van der Waals surface area contributed by atoms with E-state index < -0.39 is 17.9 Å². The number of rotatable bonds is 9. The van der Waals surface area contributed by atoms with Crippen LogP contribution >= 0.6 is 11.5 Å². The van der Waals surface area contributed by atoms with Gasteiger partial charge >= 0.3 is 0 Å². The summed E-state index contributed by atoms with van der Waals surface area (Å²) in [6.45, 7) is 8.45. The van der Waals surface area contributed by atoms with E-state index in [1.807, 2.05) is 56.3 Å². The molecule has 0 saturated carbocycles. The Kier molecular flexibility index (Phi) is 8.25. The number of carbonyl (C=O) groups is 3. The van der Waals surface area contributed by atoms with Crippen molar-refractivity contribution >= 4 is 51.5 Å². The number of amides is 3. The molecule has 0 fully saturated rings. The summed E-state index contributed by atoms with van der Waals surface area (Å²) in [6, 6.07) is 13.8. The van der Waals surface area contributed by atoms with Crippen LogP contribution in [0, 0.1) is 19.8 Å². The highest BCUT2D eigenvalue weighted by molar-refractivity contribution is 7.09. The molecule has 2 aromatic heterocycles. The lowest BCUT2D eigenvalue weighted by atomic mass is 9.99. The second kappa shape index (κ2) is 11.6. The van der Waals surface area contributed by atoms with E-state index in [9.17, 15) is 14.4 Å². The van der Waals surface area contributed by atoms with Gasteiger partial charge in [-0.3, -0.25) is 24.3 Å². The molecule has 0 aliphatic rings. The summed E-state index contributed by atoms with van der Waals surface area (Å²) in [6.07, 6.45) is 2.48. The first-order chi connectivity index (χ1) is 18.6. The maximum Gasteiger partial charge on any atom is 0.273 e. The number of hydrogen-bond acceptors (Lipinski definition) is 7. The van der Waals surface area contributed by atoms with Crippen LogP contribution in [-0.2, 0) is 4.79 Å². The number of nitrogen functional groups attached to an aromatic ring is 1. The average molecular weight is 545 g/mol. The Bertz CT molecular complexity index is 1530. The predicted molar refractivity (Wildman–Crippen MR) is 155 cm³/mol. The summed E-state index contributed by atoms with van der Waals surface area (Å²) in [4.78, 5) is 45.9. The van der Waals surface area contributed by atoms with Crippen molar-refractivity contribution in [2.75, 3.05) is 17.2 Å². The zero-order chi connectivity index (χ0) is 28.3. The van der Waals surface area contributed by atoms with E-state index in [2.05, 4.69) is 28.5 Å². The first-order valence-corrected chi connectivity index (χ1v) is 13.4. The van der Waals surface area contributed by atoms with E-state index in [0.717, 1.165) is 40.0 Å². The fourth-order valence-electron chi connectivity index (χ4n) is 4.47. The first kappa shape index (κ1) is 27.7. The number of hydrogen-bond donors (Lipinski definition) is 3. The largest absolute Gasteiger partial charge is 0.395 e. The first-order valence-electron chi connectivity index (χ1n) is 12.7. The molecule has 0 radical (unpaired) electrons. The van der Waals surface area contributed by atoms with Crippen LogP contribution in [0.1, 0.15) is 63.2 Å². The lowest BCUT2D eigenvalue weighted by molar-refractivity contribution is -0.122. The number of nitrogens with zero attached hydrogens (tertiary/aromatic N) is 3. The molecule has 0 aliphatic heterocycles. The molecule has 10 heteroatoms. The second-order valence-electron chi connectivity index (χ2n) is 9.99. The molecule has 9 nitrogen and oxygen atoms in total. The number of carbonyl (C=O) groups excluding carboxylic acids is 3. The fourth-order valence-corrected chi connectivity index (χ4v) is 5.22. The van der Waals surface area contributed by atoms with Gasteiger partial charge in [-0.2, -0.15) is 4.37 Å². The van der Waals surface area contributed by atoms with Crippen molar-refractivity contribution in [1.82, 2.24) is 14.7 Å². The maximum atomic E-state index is 14.3. The fraction of sp³-hybridized carbons (Fsp3) is 0.276. The molecule has 3 amide bonds. The van der Waals surface area contributed by atoms with Gasteiger partial charge in [0.15, 0.2) is 5.69 Å². The molecular weight excluding hydrogens is 512 g/mol. The van der Waals surface area contributed by atoms with Crippen molar-refractivity contribution in [2.45, 2.75) is 40.2 Å². The van der Waals surface area contributed by atoms with Gasteiger partial charge in [-0.15, -0.1) is 0 Å². The molecule has 5 N–H and O–H groups in total. The van der Waals surface area contributed by atoms with Crippen LogP contribution in [-0.4, -0.2) is 33.6 Å². The molecule has 0 spiro atoms. The zero-order valence-corrected chi connectivity index (χ0v) is 23.2. The monoisotopic (exact) mass is 544 g/mol. The number of aryl methyl sites for hydroxylation is 2. The van der Waals surface area contributed by atoms with Crippen molar-refractivity contribution in [2.24, 2.45) is 11.7 Å². The Labute approximate surface area is 231 Å². The van der Waals surface area contributed by atoms with Crippen LogP contribution in [0.15, 0.2) is 54.7 Å². The molecule has 39 heavy (non-hydrogen) atoms. The van der Waals surface area contributed by atoms with E-state index in [1.165, 1.54) is 4.90 Å². The Morgan fingerprint density at radius 1 is 1.05 bits per heavy atom. The lowest BCUT2D eigenvalue weighted by Gasteiger charge is -2.32. The summed E-state index contributed by atoms with van der Waals surface area (Å²) in [7, 11) is 0. The Morgan fingerprint density at radius 3 is 2.41 bits per heavy atom. The van der Waals surface area contributed by atoms with Gasteiger partial charge in [-0.05, 0) is 84.7 Å². The van der Waals surface area contributed by atoms with Crippen molar-refractivity contribution in [1.29, 1.82) is 0 Å². The minimum absolute atomic E-state index is 0.0328. The Morgan fingerprint density at radius 2 is 1.77 bits per heavy atom. The highest BCUT2D eigenvalue weighted by Crippen LogP contribution is 2.35. The summed E-state index contributed by atoms with van der Waals surface area (Å²) < 4.78 is 4.02. The standard InChI is InChI=1S/C29H32N6O3S/c1-16(2)9-11-33-28(37)25(20-7-8-22-19(15-20)6-5-10-32-22)35(21-13-17(3)12-18(4)14-21)29(38)26-23(30)24(27(31)36)34-39-26/h5-8,10,12-16,25H,9,11,30H2,1-4H3,(H2,31,36)(H,33,37)/t25-/m1/s1. The van der Waals surface area contributed by atoms with Crippen LogP contribution in [0.25, 0.3) is 10.9 Å². The summed E-state index contributed by atoms with van der Waals surface area (Å²) in [5.41, 5.74) is 15.0. The number of nitrogens with one attached hydrogen (secondary N) is 1. The zero-order valence-electron chi connectivity index (χ0n) is 22.4. The summed E-state index contributed by atoms with van der Waals surface area (Å²) in [5, 5.41) is 3.85. The molecule has 1 atom stereocenters. The van der Waals surface area contributed by atoms with Crippen molar-refractivity contribution in [3.63, 3.8) is 0 Å². The lowest BCUT2D eigenvalue weighted by Crippen LogP contribution is -2.44. The third-order valence-corrected chi connectivity index (χ3v) is 7.18. The van der Waals surface area contributed by atoms with Crippen LogP contribution in [0.3, 0.4) is 0 Å². The number of pyridine rings is 1. The Balaban J connectivity index is 1.92. The smallest absolute Gasteiger partial charge is 0.273 e. The molecule has 0 bridgehead atoms. The molecule has 0 saturated heterocycles. The number of anilines is 2. The van der Waals surface area contributed by atoms with Crippen LogP contribution < -0.4 is 21.7 Å². The van der Waals surface area contributed by atoms with E-state index in [1.54, 1.807) is 12.3 Å². The number of fused-ring (bicyclic) bond motifs is 1. The maximum absolute atomic E-state index is 14.3. The predicted octanol–water partition coefficient (Wildman–Crippen LogP) is 4.54. The van der Waals surface area contributed by atoms with E-state index in [-0.39, 0.29) is 22.2 Å². The number of primary amides is 1. The number of aromatic nitrogens is 2. The molecule has 4 rings (SSSR count). The van der Waals surface area contributed by atoms with Crippen LogP contribution in [0.2, 0.25) is 0 Å². The molecule has 2 aromatic carbocycles. The van der Waals surface area contributed by atoms with Gasteiger partial charge in [-0.25, -0.2) is 0 Å². The molecular formula is C29H32N6O3S. The summed E-state index contributed by atoms with van der Waals surface area (Å²) >= 11 is 0.784. The van der Waals surface area contributed by atoms with Crippen LogP contribution in [0.5, 0.6) is 0 Å². The molecule has 4 aromatic rings. The highest BCUT2D eigenvalue weighted by Gasteiger charge is 2.36. The Hall–Kier alpha value is -4.31. The van der Waals surface area contributed by atoms with Gasteiger partial charge in [0.2, 0.25) is 5.91 Å². The minimum Gasteiger partial charge on any atom is -0.395 e. The van der Waals surface area contributed by atoms with Gasteiger partial charge in [0, 0.05) is 23.8 Å². The van der Waals surface area contributed by atoms with Crippen LogP contribution in [0.4, 0.5) is 11.4 Å². The SMILES string of the molecule is Cc1cc(C)cc(N(C(=O)c2snc(C(N)=O)c2N)[C@@H](C(=O)NCCC(C)C)c2ccc3ncccc3c2)c1. The second-order valence-corrected chi connectivity index (χ2v) is 10.8. The molecule has 0 aliphatic carbocycles. The van der Waals surface area contributed by atoms with Gasteiger partial charge < -0.3 is 16.8 Å². The van der Waals surface area contributed by atoms with Crippen molar-refractivity contribution < 1.29 is 14.4 Å². The quantitative estimate of drug-likeness (QED) is 0.282. The van der Waals surface area contributed by atoms with Gasteiger partial charge in [0.05, 0.1) is 11.2 Å².